The minimum Gasteiger partial charge on any atom is -0.458 e. The molecule has 0 radical (unpaired) electrons. The van der Waals surface area contributed by atoms with Gasteiger partial charge in [-0.25, -0.2) is 14.6 Å². The van der Waals surface area contributed by atoms with E-state index in [9.17, 15) is 14.4 Å². The molecule has 2 aromatic heterocycles. The highest BCUT2D eigenvalue weighted by atomic mass is 32.2. The van der Waals surface area contributed by atoms with Gasteiger partial charge in [-0.1, -0.05) is 60.7 Å². The lowest BCUT2D eigenvalue weighted by atomic mass is 10.2. The van der Waals surface area contributed by atoms with Crippen LogP contribution in [0.1, 0.15) is 23.9 Å². The molecule has 0 N–H and O–H groups in total. The zero-order chi connectivity index (χ0) is 23.4. The van der Waals surface area contributed by atoms with Gasteiger partial charge in [-0.3, -0.25) is 13.9 Å². The highest BCUT2D eigenvalue weighted by Gasteiger charge is 2.21. The Hall–Kier alpha value is -3.59. The van der Waals surface area contributed by atoms with Crippen molar-refractivity contribution in [1.82, 2.24) is 18.7 Å². The van der Waals surface area contributed by atoms with Crippen molar-refractivity contribution in [3.05, 3.63) is 98.5 Å². The summed E-state index contributed by atoms with van der Waals surface area (Å²) in [6, 6.07) is 19.0. The molecule has 0 unspecified atom stereocenters. The minimum atomic E-state index is -0.440. The van der Waals surface area contributed by atoms with Crippen LogP contribution in [0.2, 0.25) is 0 Å². The van der Waals surface area contributed by atoms with Crippen LogP contribution in [0.15, 0.2) is 70.3 Å². The number of carbonyl (C=O) groups is 1. The molecule has 0 fully saturated rings. The predicted octanol–water partition coefficient (Wildman–Crippen LogP) is 3.38. The zero-order valence-corrected chi connectivity index (χ0v) is 19.2. The smallest absolute Gasteiger partial charge is 0.367 e. The monoisotopic (exact) mass is 464 g/mol. The Balaban J connectivity index is 1.87. The van der Waals surface area contributed by atoms with E-state index in [1.807, 2.05) is 60.7 Å². The molecule has 0 atom stereocenters. The molecule has 170 valence electrons. The van der Waals surface area contributed by atoms with E-state index in [1.165, 1.54) is 9.13 Å². The Bertz CT molecular complexity index is 1390. The van der Waals surface area contributed by atoms with Crippen LogP contribution in [0.5, 0.6) is 0 Å². The average molecular weight is 465 g/mol. The zero-order valence-electron chi connectivity index (χ0n) is 18.4. The molecule has 0 aliphatic heterocycles. The van der Waals surface area contributed by atoms with E-state index >= 15 is 0 Å². The summed E-state index contributed by atoms with van der Waals surface area (Å²) in [4.78, 5) is 43.1. The predicted molar refractivity (Wildman–Crippen MR) is 129 cm³/mol. The highest BCUT2D eigenvalue weighted by Crippen LogP contribution is 2.20. The van der Waals surface area contributed by atoms with E-state index in [0.717, 1.165) is 22.9 Å². The number of benzene rings is 2. The van der Waals surface area contributed by atoms with Crippen molar-refractivity contribution in [3.63, 3.8) is 0 Å². The summed E-state index contributed by atoms with van der Waals surface area (Å²) < 4.78 is 9.42. The number of hydrogen-bond acceptors (Lipinski definition) is 6. The Labute approximate surface area is 194 Å². The number of ether oxygens (including phenoxy) is 1. The fourth-order valence-electron chi connectivity index (χ4n) is 3.65. The van der Waals surface area contributed by atoms with Gasteiger partial charge in [0.05, 0.1) is 18.9 Å². The van der Waals surface area contributed by atoms with Gasteiger partial charge in [0.1, 0.15) is 5.82 Å². The molecule has 2 aromatic carbocycles. The number of thioether (sulfide) groups is 1. The number of nitrogens with zero attached hydrogens (tertiary/aromatic N) is 4. The van der Waals surface area contributed by atoms with Crippen LogP contribution >= 0.6 is 11.8 Å². The van der Waals surface area contributed by atoms with Gasteiger partial charge in [0.2, 0.25) is 0 Å². The molecular formula is C24H24N4O4S. The van der Waals surface area contributed by atoms with Crippen molar-refractivity contribution in [2.75, 3.05) is 6.61 Å². The Morgan fingerprint density at radius 2 is 1.52 bits per heavy atom. The van der Waals surface area contributed by atoms with Crippen LogP contribution in [-0.2, 0) is 30.6 Å². The summed E-state index contributed by atoms with van der Waals surface area (Å²) >= 11 is 0.976. The van der Waals surface area contributed by atoms with Gasteiger partial charge >= 0.3 is 11.0 Å². The van der Waals surface area contributed by atoms with Crippen LogP contribution in [0, 0.1) is 0 Å². The van der Waals surface area contributed by atoms with Crippen LogP contribution in [0.25, 0.3) is 11.2 Å². The summed E-state index contributed by atoms with van der Waals surface area (Å²) in [5, 5.41) is -0.411. The molecular weight excluding hydrogens is 440 g/mol. The number of imidazole rings is 1. The van der Waals surface area contributed by atoms with Gasteiger partial charge in [-0.05, 0) is 29.8 Å². The van der Waals surface area contributed by atoms with E-state index in [4.69, 9.17) is 4.74 Å². The van der Waals surface area contributed by atoms with Gasteiger partial charge in [0, 0.05) is 13.6 Å². The average Bonchev–Trinajstić information content (AvgIpc) is 3.19. The Morgan fingerprint density at radius 3 is 2.09 bits per heavy atom. The molecule has 0 saturated carbocycles. The second-order valence-corrected chi connectivity index (χ2v) is 8.37. The molecule has 4 rings (SSSR count). The first-order valence-electron chi connectivity index (χ1n) is 10.6. The second kappa shape index (κ2) is 9.91. The van der Waals surface area contributed by atoms with Crippen molar-refractivity contribution in [1.29, 1.82) is 0 Å². The number of hydrogen-bond donors (Lipinski definition) is 0. The minimum absolute atomic E-state index is 0.158. The summed E-state index contributed by atoms with van der Waals surface area (Å²) in [7, 11) is 1.60. The number of carbonyl (C=O) groups excluding carboxylic acids is 1. The summed E-state index contributed by atoms with van der Waals surface area (Å²) in [6.07, 6.45) is 0. The number of aromatic nitrogens is 4. The van der Waals surface area contributed by atoms with E-state index in [-0.39, 0.29) is 18.9 Å². The number of aryl methyl sites for hydroxylation is 1. The third-order valence-electron chi connectivity index (χ3n) is 5.26. The molecule has 0 bridgehead atoms. The molecule has 0 saturated heterocycles. The first kappa shape index (κ1) is 22.6. The van der Waals surface area contributed by atoms with Gasteiger partial charge < -0.3 is 9.30 Å². The SMILES string of the molecule is CCOC(=O)SCc1nc2c(c(=O)n(Cc3ccccc3)c(=O)n2C)n1Cc1ccccc1. The molecule has 33 heavy (non-hydrogen) atoms. The molecule has 0 spiro atoms. The summed E-state index contributed by atoms with van der Waals surface area (Å²) in [5.41, 5.74) is 1.60. The second-order valence-electron chi connectivity index (χ2n) is 7.46. The van der Waals surface area contributed by atoms with Crippen LogP contribution < -0.4 is 11.2 Å². The van der Waals surface area contributed by atoms with E-state index < -0.39 is 16.6 Å². The molecule has 0 aliphatic carbocycles. The van der Waals surface area contributed by atoms with Gasteiger partial charge in [0.25, 0.3) is 5.56 Å². The molecule has 0 amide bonds. The fraction of sp³-hybridized carbons (Fsp3) is 0.250. The maximum atomic E-state index is 13.6. The lowest BCUT2D eigenvalue weighted by molar-refractivity contribution is 0.181. The molecule has 9 heteroatoms. The maximum Gasteiger partial charge on any atom is 0.367 e. The van der Waals surface area contributed by atoms with Crippen LogP contribution in [0.3, 0.4) is 0 Å². The quantitative estimate of drug-likeness (QED) is 0.390. The lowest BCUT2D eigenvalue weighted by Gasteiger charge is -2.11. The molecule has 8 nitrogen and oxygen atoms in total. The topological polar surface area (TPSA) is 88.1 Å². The third-order valence-corrected chi connectivity index (χ3v) is 6.02. The summed E-state index contributed by atoms with van der Waals surface area (Å²) in [6.45, 7) is 2.57. The molecule has 4 aromatic rings. The van der Waals surface area contributed by atoms with Crippen molar-refractivity contribution in [3.8, 4) is 0 Å². The molecule has 0 aliphatic rings. The largest absolute Gasteiger partial charge is 0.458 e. The fourth-order valence-corrected chi connectivity index (χ4v) is 4.32. The van der Waals surface area contributed by atoms with Crippen molar-refractivity contribution < 1.29 is 9.53 Å². The third kappa shape index (κ3) is 4.78. The Kier molecular flexibility index (Phi) is 6.79. The Morgan fingerprint density at radius 1 is 0.939 bits per heavy atom. The van der Waals surface area contributed by atoms with Crippen molar-refractivity contribution in [2.24, 2.45) is 7.05 Å². The normalized spacial score (nSPS) is 11.1. The van der Waals surface area contributed by atoms with E-state index in [0.29, 0.717) is 23.5 Å². The van der Waals surface area contributed by atoms with E-state index in [2.05, 4.69) is 4.98 Å². The lowest BCUT2D eigenvalue weighted by Crippen LogP contribution is -2.40. The number of fused-ring (bicyclic) bond motifs is 1. The van der Waals surface area contributed by atoms with Crippen molar-refractivity contribution in [2.45, 2.75) is 25.8 Å². The first-order chi connectivity index (χ1) is 16.0. The standard InChI is InChI=1S/C24H24N4O4S/c1-3-32-24(31)33-16-19-25-21-20(27(19)14-17-10-6-4-7-11-17)22(29)28(23(30)26(21)2)15-18-12-8-5-9-13-18/h4-13H,3,14-16H2,1-2H3. The molecule has 2 heterocycles. The van der Waals surface area contributed by atoms with Gasteiger partial charge in [-0.2, -0.15) is 0 Å². The first-order valence-corrected chi connectivity index (χ1v) is 11.5. The van der Waals surface area contributed by atoms with Crippen molar-refractivity contribution >= 4 is 28.2 Å². The summed E-state index contributed by atoms with van der Waals surface area (Å²) in [5.74, 6) is 0.739. The van der Waals surface area contributed by atoms with Gasteiger partial charge in [0.15, 0.2) is 11.2 Å². The number of rotatable bonds is 7. The van der Waals surface area contributed by atoms with Crippen LogP contribution in [0.4, 0.5) is 4.79 Å². The maximum absolute atomic E-state index is 13.6. The van der Waals surface area contributed by atoms with Gasteiger partial charge in [-0.15, -0.1) is 0 Å². The van der Waals surface area contributed by atoms with Crippen LogP contribution in [-0.4, -0.2) is 30.6 Å². The highest BCUT2D eigenvalue weighted by molar-refractivity contribution is 8.12. The van der Waals surface area contributed by atoms with E-state index in [1.54, 1.807) is 18.5 Å².